The number of nitrogens with zero attached hydrogens (tertiary/aromatic N) is 2. The maximum absolute atomic E-state index is 12.9. The number of nitrogens with one attached hydrogen (secondary N) is 1. The monoisotopic (exact) mass is 479 g/mol. The van der Waals surface area contributed by atoms with E-state index >= 15 is 0 Å². The van der Waals surface area contributed by atoms with Crippen molar-refractivity contribution in [3.8, 4) is 11.5 Å². The van der Waals surface area contributed by atoms with E-state index in [0.717, 1.165) is 12.1 Å². The van der Waals surface area contributed by atoms with Crippen molar-refractivity contribution in [1.29, 1.82) is 0 Å². The van der Waals surface area contributed by atoms with Crippen LogP contribution in [0, 0.1) is 6.92 Å². The van der Waals surface area contributed by atoms with Gasteiger partial charge in [-0.05, 0) is 49.7 Å². The van der Waals surface area contributed by atoms with Crippen molar-refractivity contribution < 1.29 is 31.1 Å². The quantitative estimate of drug-likeness (QED) is 0.577. The lowest BCUT2D eigenvalue weighted by atomic mass is 10.2. The number of hydrogen-bond acceptors (Lipinski definition) is 5. The Balaban J connectivity index is 1.52. The van der Waals surface area contributed by atoms with Gasteiger partial charge in [0.2, 0.25) is 0 Å². The van der Waals surface area contributed by atoms with Gasteiger partial charge in [0.25, 0.3) is 5.91 Å². The van der Waals surface area contributed by atoms with Gasteiger partial charge in [-0.25, -0.2) is 13.1 Å². The molecule has 0 aliphatic carbocycles. The third kappa shape index (κ3) is 5.36. The number of aryl methyl sites for hydroxylation is 1. The predicted molar refractivity (Wildman–Crippen MR) is 115 cm³/mol. The van der Waals surface area contributed by atoms with Gasteiger partial charge >= 0.3 is 6.18 Å². The lowest BCUT2D eigenvalue weighted by Crippen LogP contribution is -2.19. The van der Waals surface area contributed by atoms with E-state index in [1.54, 1.807) is 19.1 Å². The lowest BCUT2D eigenvalue weighted by molar-refractivity contribution is -0.137. The normalized spacial score (nSPS) is 17.6. The summed E-state index contributed by atoms with van der Waals surface area (Å²) in [4.78, 5) is 12.8. The average molecular weight is 479 g/mol. The summed E-state index contributed by atoms with van der Waals surface area (Å²) in [5.41, 5.74) is -0.00777. The summed E-state index contributed by atoms with van der Waals surface area (Å²) in [5.74, 6) is 0.0679. The minimum atomic E-state index is -4.50. The summed E-state index contributed by atoms with van der Waals surface area (Å²) in [7, 11) is -3.14. The van der Waals surface area contributed by atoms with Gasteiger partial charge in [0.1, 0.15) is 17.3 Å². The number of hydrogen-bond donors (Lipinski definition) is 1. The summed E-state index contributed by atoms with van der Waals surface area (Å²) < 4.78 is 69.5. The van der Waals surface area contributed by atoms with Gasteiger partial charge in [0.05, 0.1) is 28.8 Å². The number of carbonyl (C=O) groups is 1. The molecule has 1 saturated heterocycles. The number of rotatable bonds is 5. The van der Waals surface area contributed by atoms with Gasteiger partial charge < -0.3 is 10.1 Å². The topological polar surface area (TPSA) is 90.3 Å². The number of sulfone groups is 1. The molecular weight excluding hydrogens is 459 g/mol. The standard InChI is InChI=1S/C22H20F3N3O4S/c1-14-10-20(28(27-14)17-8-9-33(30,31)13-17)26-21(29)15-4-2-6-18(11-15)32-19-7-3-5-16(12-19)22(23,24)25/h2-7,10-12,17H,8-9,13H2,1H3,(H,26,29). The Labute approximate surface area is 188 Å². The van der Waals surface area contributed by atoms with Crippen LogP contribution in [-0.2, 0) is 16.0 Å². The fourth-order valence-electron chi connectivity index (χ4n) is 3.62. The van der Waals surface area contributed by atoms with Gasteiger partial charge in [0, 0.05) is 11.6 Å². The van der Waals surface area contributed by atoms with E-state index < -0.39 is 27.5 Å². The second-order valence-corrected chi connectivity index (χ2v) is 10.0. The van der Waals surface area contributed by atoms with Crippen LogP contribution in [0.1, 0.15) is 34.1 Å². The van der Waals surface area contributed by atoms with Crippen LogP contribution >= 0.6 is 0 Å². The Morgan fingerprint density at radius 3 is 2.48 bits per heavy atom. The first-order chi connectivity index (χ1) is 15.5. The van der Waals surface area contributed by atoms with Crippen LogP contribution in [0.25, 0.3) is 0 Å². The van der Waals surface area contributed by atoms with Gasteiger partial charge in [0.15, 0.2) is 9.84 Å². The van der Waals surface area contributed by atoms with Gasteiger partial charge in [-0.3, -0.25) is 4.79 Å². The minimum Gasteiger partial charge on any atom is -0.457 e. The highest BCUT2D eigenvalue weighted by Gasteiger charge is 2.32. The Kier molecular flexibility index (Phi) is 5.91. The molecule has 0 bridgehead atoms. The highest BCUT2D eigenvalue weighted by molar-refractivity contribution is 7.91. The maximum Gasteiger partial charge on any atom is 0.416 e. The molecule has 1 aliphatic heterocycles. The molecule has 0 radical (unpaired) electrons. The van der Waals surface area contributed by atoms with Crippen molar-refractivity contribution >= 4 is 21.6 Å². The van der Waals surface area contributed by atoms with Gasteiger partial charge in [-0.2, -0.15) is 18.3 Å². The van der Waals surface area contributed by atoms with Crippen LogP contribution < -0.4 is 10.1 Å². The predicted octanol–water partition coefficient (Wildman–Crippen LogP) is 4.61. The molecule has 1 amide bonds. The number of benzene rings is 2. The Morgan fingerprint density at radius 1 is 1.12 bits per heavy atom. The van der Waals surface area contributed by atoms with E-state index in [1.165, 1.54) is 35.0 Å². The molecule has 33 heavy (non-hydrogen) atoms. The number of anilines is 1. The number of alkyl halides is 3. The van der Waals surface area contributed by atoms with Gasteiger partial charge in [-0.15, -0.1) is 0 Å². The van der Waals surface area contributed by atoms with E-state index in [9.17, 15) is 26.4 Å². The number of ether oxygens (including phenoxy) is 1. The van der Waals surface area contributed by atoms with E-state index in [1.807, 2.05) is 0 Å². The molecule has 1 aliphatic rings. The fraction of sp³-hybridized carbons (Fsp3) is 0.273. The smallest absolute Gasteiger partial charge is 0.416 e. The molecular formula is C22H20F3N3O4S. The summed E-state index contributed by atoms with van der Waals surface area (Å²) in [6.45, 7) is 1.74. The summed E-state index contributed by atoms with van der Waals surface area (Å²) in [6.07, 6.45) is -4.09. The molecule has 1 fully saturated rings. The second kappa shape index (κ2) is 8.54. The first kappa shape index (κ1) is 22.8. The highest BCUT2D eigenvalue weighted by Crippen LogP contribution is 2.33. The van der Waals surface area contributed by atoms with Crippen LogP contribution in [0.15, 0.2) is 54.6 Å². The van der Waals surface area contributed by atoms with Crippen molar-refractivity contribution in [2.24, 2.45) is 0 Å². The average Bonchev–Trinajstić information content (AvgIpc) is 3.29. The van der Waals surface area contributed by atoms with Crippen molar-refractivity contribution in [3.63, 3.8) is 0 Å². The zero-order valence-electron chi connectivity index (χ0n) is 17.5. The molecule has 0 saturated carbocycles. The van der Waals surface area contributed by atoms with E-state index in [0.29, 0.717) is 17.9 Å². The van der Waals surface area contributed by atoms with Crippen molar-refractivity contribution in [3.05, 3.63) is 71.4 Å². The number of amides is 1. The highest BCUT2D eigenvalue weighted by atomic mass is 32.2. The molecule has 1 unspecified atom stereocenters. The Bertz CT molecular complexity index is 1300. The molecule has 2 heterocycles. The molecule has 1 atom stereocenters. The fourth-order valence-corrected chi connectivity index (χ4v) is 5.31. The van der Waals surface area contributed by atoms with Crippen molar-refractivity contribution in [2.45, 2.75) is 25.6 Å². The Morgan fingerprint density at radius 2 is 1.82 bits per heavy atom. The minimum absolute atomic E-state index is 0.0153. The summed E-state index contributed by atoms with van der Waals surface area (Å²) in [6, 6.07) is 11.7. The van der Waals surface area contributed by atoms with E-state index in [2.05, 4.69) is 10.4 Å². The SMILES string of the molecule is Cc1cc(NC(=O)c2cccc(Oc3cccc(C(F)(F)F)c3)c2)n(C2CCS(=O)(=O)C2)n1. The molecule has 174 valence electrons. The summed E-state index contributed by atoms with van der Waals surface area (Å²) in [5, 5.41) is 7.06. The van der Waals surface area contributed by atoms with E-state index in [-0.39, 0.29) is 34.6 Å². The zero-order chi connectivity index (χ0) is 23.8. The molecule has 1 N–H and O–H groups in total. The van der Waals surface area contributed by atoms with Crippen molar-refractivity contribution in [1.82, 2.24) is 9.78 Å². The molecule has 2 aromatic carbocycles. The number of carbonyl (C=O) groups excluding carboxylic acids is 1. The van der Waals surface area contributed by atoms with Crippen LogP contribution in [0.4, 0.5) is 19.0 Å². The van der Waals surface area contributed by atoms with E-state index in [4.69, 9.17) is 4.74 Å². The Hall–Kier alpha value is -3.34. The van der Waals surface area contributed by atoms with Crippen LogP contribution in [0.5, 0.6) is 11.5 Å². The third-order valence-corrected chi connectivity index (χ3v) is 6.90. The number of aromatic nitrogens is 2. The molecule has 11 heteroatoms. The zero-order valence-corrected chi connectivity index (χ0v) is 18.3. The van der Waals surface area contributed by atoms with Crippen LogP contribution in [-0.4, -0.2) is 35.6 Å². The first-order valence-electron chi connectivity index (χ1n) is 10.0. The maximum atomic E-state index is 12.9. The summed E-state index contributed by atoms with van der Waals surface area (Å²) >= 11 is 0. The number of halogens is 3. The molecule has 0 spiro atoms. The molecule has 3 aromatic rings. The van der Waals surface area contributed by atoms with Crippen molar-refractivity contribution in [2.75, 3.05) is 16.8 Å². The molecule has 7 nitrogen and oxygen atoms in total. The second-order valence-electron chi connectivity index (χ2n) is 7.78. The molecule has 1 aromatic heterocycles. The largest absolute Gasteiger partial charge is 0.457 e. The lowest BCUT2D eigenvalue weighted by Gasteiger charge is -2.14. The third-order valence-electron chi connectivity index (χ3n) is 5.15. The first-order valence-corrected chi connectivity index (χ1v) is 11.9. The van der Waals surface area contributed by atoms with Crippen LogP contribution in [0.3, 0.4) is 0 Å². The molecule has 4 rings (SSSR count). The van der Waals surface area contributed by atoms with Gasteiger partial charge in [-0.1, -0.05) is 12.1 Å². The van der Waals surface area contributed by atoms with Crippen LogP contribution in [0.2, 0.25) is 0 Å².